The third-order valence-corrected chi connectivity index (χ3v) is 3.39. The van der Waals surface area contributed by atoms with Crippen molar-refractivity contribution in [2.24, 2.45) is 11.3 Å². The molecule has 2 rings (SSSR count). The first-order chi connectivity index (χ1) is 8.05. The van der Waals surface area contributed by atoms with Gasteiger partial charge in [0.25, 0.3) is 0 Å². The summed E-state index contributed by atoms with van der Waals surface area (Å²) in [5, 5.41) is 14.4. The van der Waals surface area contributed by atoms with Crippen molar-refractivity contribution in [1.29, 1.82) is 5.26 Å². The summed E-state index contributed by atoms with van der Waals surface area (Å²) in [5.41, 5.74) is -0.890. The van der Waals surface area contributed by atoms with Crippen LogP contribution in [0.15, 0.2) is 0 Å². The van der Waals surface area contributed by atoms with Gasteiger partial charge in [-0.2, -0.15) is 5.26 Å². The summed E-state index contributed by atoms with van der Waals surface area (Å²) in [7, 11) is 0. The molecule has 17 heavy (non-hydrogen) atoms. The normalized spacial score (nSPS) is 30.9. The van der Waals surface area contributed by atoms with Gasteiger partial charge in [-0.1, -0.05) is 6.92 Å². The zero-order valence-corrected chi connectivity index (χ0v) is 9.95. The van der Waals surface area contributed by atoms with E-state index in [1.807, 2.05) is 6.92 Å². The Morgan fingerprint density at radius 3 is 2.53 bits per heavy atom. The monoisotopic (exact) mass is 235 g/mol. The number of nitrogens with zero attached hydrogens (tertiary/aromatic N) is 1. The zero-order valence-electron chi connectivity index (χ0n) is 9.95. The third kappa shape index (κ3) is 2.57. The Kier molecular flexibility index (Phi) is 3.05. The highest BCUT2D eigenvalue weighted by molar-refractivity contribution is 5.90. The second kappa shape index (κ2) is 4.36. The molecule has 0 heterocycles. The number of hydrogen-bond acceptors (Lipinski definition) is 3. The Morgan fingerprint density at radius 1 is 1.41 bits per heavy atom. The molecule has 0 bridgehead atoms. The minimum absolute atomic E-state index is 0.0207. The van der Waals surface area contributed by atoms with E-state index in [0.717, 1.165) is 12.8 Å². The van der Waals surface area contributed by atoms with Crippen molar-refractivity contribution >= 4 is 11.8 Å². The van der Waals surface area contributed by atoms with Gasteiger partial charge in [0, 0.05) is 6.04 Å². The summed E-state index contributed by atoms with van der Waals surface area (Å²) in [6.45, 7) is 2.00. The largest absolute Gasteiger partial charge is 0.352 e. The topological polar surface area (TPSA) is 82.0 Å². The van der Waals surface area contributed by atoms with Crippen LogP contribution in [0, 0.1) is 22.7 Å². The molecule has 5 nitrogen and oxygen atoms in total. The fraction of sp³-hybridized carbons (Fsp3) is 0.750. The summed E-state index contributed by atoms with van der Waals surface area (Å²) in [6, 6.07) is 2.38. The molecule has 0 aromatic rings. The summed E-state index contributed by atoms with van der Waals surface area (Å²) < 4.78 is 0. The number of hydrogen-bond donors (Lipinski definition) is 2. The first-order valence-electron chi connectivity index (χ1n) is 6.05. The Morgan fingerprint density at radius 2 is 2.06 bits per heavy atom. The van der Waals surface area contributed by atoms with Gasteiger partial charge in [-0.25, -0.2) is 0 Å². The molecule has 5 heteroatoms. The van der Waals surface area contributed by atoms with E-state index in [2.05, 4.69) is 16.7 Å². The predicted molar refractivity (Wildman–Crippen MR) is 60.6 cm³/mol. The summed E-state index contributed by atoms with van der Waals surface area (Å²) in [4.78, 5) is 23.2. The maximum absolute atomic E-state index is 11.8. The van der Waals surface area contributed by atoms with Crippen LogP contribution in [0.4, 0.5) is 0 Å². The van der Waals surface area contributed by atoms with Crippen LogP contribution in [0.1, 0.15) is 32.6 Å². The Balaban J connectivity index is 1.76. The molecular weight excluding hydrogens is 218 g/mol. The molecule has 2 saturated carbocycles. The Hall–Kier alpha value is -1.57. The molecule has 0 spiro atoms. The Labute approximate surface area is 101 Å². The highest BCUT2D eigenvalue weighted by Gasteiger charge is 2.48. The van der Waals surface area contributed by atoms with Gasteiger partial charge < -0.3 is 10.6 Å². The molecule has 0 saturated heterocycles. The minimum Gasteiger partial charge on any atom is -0.352 e. The second-order valence-corrected chi connectivity index (χ2v) is 5.23. The highest BCUT2D eigenvalue weighted by Crippen LogP contribution is 2.44. The van der Waals surface area contributed by atoms with Crippen molar-refractivity contribution in [2.45, 2.75) is 38.6 Å². The first kappa shape index (κ1) is 11.9. The second-order valence-electron chi connectivity index (χ2n) is 5.23. The lowest BCUT2D eigenvalue weighted by Gasteiger charge is -2.39. The number of nitrogens with one attached hydrogen (secondary N) is 2. The van der Waals surface area contributed by atoms with Gasteiger partial charge in [0.15, 0.2) is 0 Å². The number of rotatable bonds is 4. The van der Waals surface area contributed by atoms with E-state index in [4.69, 9.17) is 5.26 Å². The van der Waals surface area contributed by atoms with Crippen molar-refractivity contribution in [3.05, 3.63) is 0 Å². The summed E-state index contributed by atoms with van der Waals surface area (Å²) in [6.07, 6.45) is 3.25. The zero-order chi connectivity index (χ0) is 12.5. The molecule has 0 unspecified atom stereocenters. The minimum atomic E-state index is -0.890. The lowest BCUT2D eigenvalue weighted by atomic mass is 9.63. The number of amides is 2. The van der Waals surface area contributed by atoms with E-state index in [1.165, 1.54) is 0 Å². The Bertz CT molecular complexity index is 376. The highest BCUT2D eigenvalue weighted by atomic mass is 16.2. The van der Waals surface area contributed by atoms with Crippen LogP contribution in [0.5, 0.6) is 0 Å². The van der Waals surface area contributed by atoms with Gasteiger partial charge >= 0.3 is 0 Å². The molecule has 0 radical (unpaired) electrons. The van der Waals surface area contributed by atoms with Crippen molar-refractivity contribution in [2.75, 3.05) is 6.54 Å². The molecule has 2 aliphatic rings. The van der Waals surface area contributed by atoms with Gasteiger partial charge in [-0.3, -0.25) is 9.59 Å². The molecule has 0 aliphatic heterocycles. The van der Waals surface area contributed by atoms with Crippen LogP contribution in [0.25, 0.3) is 0 Å². The van der Waals surface area contributed by atoms with Crippen LogP contribution in [-0.4, -0.2) is 24.4 Å². The molecule has 2 amide bonds. The molecule has 0 aromatic heterocycles. The lowest BCUT2D eigenvalue weighted by molar-refractivity contribution is -0.135. The van der Waals surface area contributed by atoms with Crippen molar-refractivity contribution in [3.8, 4) is 6.07 Å². The van der Waals surface area contributed by atoms with E-state index in [9.17, 15) is 9.59 Å². The molecule has 2 N–H and O–H groups in total. The van der Waals surface area contributed by atoms with Crippen LogP contribution >= 0.6 is 0 Å². The standard InChI is InChI=1S/C12H17N3O2/c1-8-4-12(5-8,7-13)11(17)14-6-10(16)15-9-2-3-9/h8-9H,2-6H2,1H3,(H,14,17)(H,15,16). The van der Waals surface area contributed by atoms with Gasteiger partial charge in [0.1, 0.15) is 5.41 Å². The van der Waals surface area contributed by atoms with Gasteiger partial charge in [-0.05, 0) is 31.6 Å². The maximum atomic E-state index is 11.8. The average Bonchev–Trinajstić information content (AvgIpc) is 3.05. The van der Waals surface area contributed by atoms with Crippen LogP contribution in [-0.2, 0) is 9.59 Å². The fourth-order valence-corrected chi connectivity index (χ4v) is 2.29. The molecular formula is C12H17N3O2. The molecule has 2 fully saturated rings. The SMILES string of the molecule is CC1CC(C#N)(C(=O)NCC(=O)NC2CC2)C1. The van der Waals surface area contributed by atoms with E-state index < -0.39 is 5.41 Å². The number of carbonyl (C=O) groups excluding carboxylic acids is 2. The molecule has 0 aromatic carbocycles. The van der Waals surface area contributed by atoms with E-state index >= 15 is 0 Å². The average molecular weight is 235 g/mol. The third-order valence-electron chi connectivity index (χ3n) is 3.39. The summed E-state index contributed by atoms with van der Waals surface area (Å²) in [5.74, 6) is -0.0500. The number of carbonyl (C=O) groups is 2. The van der Waals surface area contributed by atoms with Crippen molar-refractivity contribution < 1.29 is 9.59 Å². The lowest BCUT2D eigenvalue weighted by Crippen LogP contribution is -2.50. The molecule has 0 atom stereocenters. The van der Waals surface area contributed by atoms with E-state index in [1.54, 1.807) is 0 Å². The van der Waals surface area contributed by atoms with Crippen molar-refractivity contribution in [1.82, 2.24) is 10.6 Å². The smallest absolute Gasteiger partial charge is 0.240 e. The van der Waals surface area contributed by atoms with E-state index in [-0.39, 0.29) is 18.4 Å². The van der Waals surface area contributed by atoms with Crippen LogP contribution < -0.4 is 10.6 Å². The molecule has 92 valence electrons. The number of nitriles is 1. The van der Waals surface area contributed by atoms with Crippen molar-refractivity contribution in [3.63, 3.8) is 0 Å². The van der Waals surface area contributed by atoms with Gasteiger partial charge in [0.2, 0.25) is 11.8 Å². The van der Waals surface area contributed by atoms with Gasteiger partial charge in [0.05, 0.1) is 12.6 Å². The van der Waals surface area contributed by atoms with Crippen LogP contribution in [0.3, 0.4) is 0 Å². The maximum Gasteiger partial charge on any atom is 0.240 e. The molecule has 2 aliphatic carbocycles. The first-order valence-corrected chi connectivity index (χ1v) is 6.05. The van der Waals surface area contributed by atoms with E-state index in [0.29, 0.717) is 24.8 Å². The van der Waals surface area contributed by atoms with Crippen LogP contribution in [0.2, 0.25) is 0 Å². The summed E-state index contributed by atoms with van der Waals surface area (Å²) >= 11 is 0. The quantitative estimate of drug-likeness (QED) is 0.736. The van der Waals surface area contributed by atoms with Gasteiger partial charge in [-0.15, -0.1) is 0 Å². The predicted octanol–water partition coefficient (Wildman–Crippen LogP) is 0.321. The fourth-order valence-electron chi connectivity index (χ4n) is 2.29.